The third kappa shape index (κ3) is 2.17. The summed E-state index contributed by atoms with van der Waals surface area (Å²) in [5.41, 5.74) is 6.23. The minimum absolute atomic E-state index is 0.0508. The van der Waals surface area contributed by atoms with Crippen LogP contribution in [0.1, 0.15) is 31.1 Å². The molecule has 1 aromatic rings. The Balaban J connectivity index is 1.96. The van der Waals surface area contributed by atoms with Crippen molar-refractivity contribution in [2.45, 2.75) is 37.6 Å². The van der Waals surface area contributed by atoms with Crippen LogP contribution in [-0.4, -0.2) is 28.8 Å². The van der Waals surface area contributed by atoms with E-state index in [0.29, 0.717) is 12.2 Å². The highest BCUT2D eigenvalue weighted by Gasteiger charge is 2.56. The lowest BCUT2D eigenvalue weighted by Gasteiger charge is -2.38. The third-order valence-electron chi connectivity index (χ3n) is 4.38. The van der Waals surface area contributed by atoms with Crippen LogP contribution < -0.4 is 5.73 Å². The number of hydrogen-bond acceptors (Lipinski definition) is 4. The number of rotatable bonds is 3. The Morgan fingerprint density at radius 3 is 2.84 bits per heavy atom. The van der Waals surface area contributed by atoms with Crippen molar-refractivity contribution in [2.24, 2.45) is 11.1 Å². The fourth-order valence-corrected chi connectivity index (χ4v) is 4.55. The Morgan fingerprint density at radius 1 is 1.53 bits per heavy atom. The molecule has 0 aromatic carbocycles. The van der Waals surface area contributed by atoms with Crippen molar-refractivity contribution >= 4 is 31.9 Å². The van der Waals surface area contributed by atoms with Gasteiger partial charge >= 0.3 is 0 Å². The van der Waals surface area contributed by atoms with E-state index in [-0.39, 0.29) is 12.2 Å². The number of aliphatic hydroxyl groups is 1. The van der Waals surface area contributed by atoms with Gasteiger partial charge in [0.2, 0.25) is 0 Å². The summed E-state index contributed by atoms with van der Waals surface area (Å²) in [6.07, 6.45) is 4.17. The predicted molar refractivity (Wildman–Crippen MR) is 78.6 cm³/mol. The van der Waals surface area contributed by atoms with Gasteiger partial charge < -0.3 is 15.6 Å². The number of aliphatic hydroxyl groups excluding tert-OH is 1. The molecule has 0 radical (unpaired) electrons. The maximum Gasteiger partial charge on any atom is 0.106 e. The van der Waals surface area contributed by atoms with Crippen LogP contribution >= 0.6 is 31.9 Å². The fourth-order valence-electron chi connectivity index (χ4n) is 3.35. The zero-order valence-corrected chi connectivity index (χ0v) is 13.5. The molecule has 1 aromatic heterocycles. The van der Waals surface area contributed by atoms with Gasteiger partial charge in [0.15, 0.2) is 0 Å². The molecule has 2 saturated heterocycles. The van der Waals surface area contributed by atoms with Crippen molar-refractivity contribution in [1.29, 1.82) is 0 Å². The number of hydrogen-bond donors (Lipinski definition) is 2. The molecular formula is C13H16Br2N2O2. The molecule has 6 heteroatoms. The van der Waals surface area contributed by atoms with Gasteiger partial charge in [-0.15, -0.1) is 0 Å². The van der Waals surface area contributed by atoms with E-state index >= 15 is 0 Å². The van der Waals surface area contributed by atoms with Gasteiger partial charge in [-0.2, -0.15) is 0 Å². The molecule has 4 nitrogen and oxygen atoms in total. The van der Waals surface area contributed by atoms with Gasteiger partial charge in [0, 0.05) is 27.1 Å². The molecule has 2 bridgehead atoms. The Morgan fingerprint density at radius 2 is 2.32 bits per heavy atom. The molecule has 104 valence electrons. The van der Waals surface area contributed by atoms with Crippen LogP contribution in [0.5, 0.6) is 0 Å². The highest BCUT2D eigenvalue weighted by atomic mass is 79.9. The van der Waals surface area contributed by atoms with Gasteiger partial charge in [0.25, 0.3) is 0 Å². The molecule has 3 heterocycles. The summed E-state index contributed by atoms with van der Waals surface area (Å²) < 4.78 is 7.57. The minimum atomic E-state index is -0.699. The summed E-state index contributed by atoms with van der Waals surface area (Å²) in [5.74, 6) is 0. The summed E-state index contributed by atoms with van der Waals surface area (Å²) in [5, 5.41) is 10.8. The second kappa shape index (κ2) is 5.07. The van der Waals surface area contributed by atoms with Crippen LogP contribution in [0, 0.1) is 5.41 Å². The second-order valence-electron chi connectivity index (χ2n) is 5.39. The number of ether oxygens (including phenoxy) is 1. The first-order valence-electron chi connectivity index (χ1n) is 6.41. The molecule has 19 heavy (non-hydrogen) atoms. The van der Waals surface area contributed by atoms with E-state index in [0.717, 1.165) is 28.2 Å². The average molecular weight is 392 g/mol. The van der Waals surface area contributed by atoms with Crippen molar-refractivity contribution < 1.29 is 9.84 Å². The van der Waals surface area contributed by atoms with Crippen LogP contribution in [0.25, 0.3) is 0 Å². The second-order valence-corrected chi connectivity index (χ2v) is 7.16. The van der Waals surface area contributed by atoms with E-state index in [1.54, 1.807) is 6.20 Å². The lowest BCUT2D eigenvalue weighted by molar-refractivity contribution is -0.0289. The first-order chi connectivity index (χ1) is 9.06. The quantitative estimate of drug-likeness (QED) is 0.830. The van der Waals surface area contributed by atoms with Gasteiger partial charge in [0.05, 0.1) is 17.9 Å². The molecular weight excluding hydrogens is 376 g/mol. The van der Waals surface area contributed by atoms with Gasteiger partial charge in [-0.05, 0) is 57.2 Å². The standard InChI is InChI=1S/C13H16Br2N2O2/c14-7-3-9(15)11(17-5-7)12(18)13(6-16)4-8-1-2-10(13)19-8/h3,5,8,10,12,18H,1-2,4,6,16H2. The third-order valence-corrected chi connectivity index (χ3v) is 5.45. The highest BCUT2D eigenvalue weighted by Crippen LogP contribution is 2.54. The molecule has 0 spiro atoms. The molecule has 2 fully saturated rings. The Hall–Kier alpha value is -0.0100. The Bertz CT molecular complexity index is 500. The number of aromatic nitrogens is 1. The average Bonchev–Trinajstić information content (AvgIpc) is 2.98. The first-order valence-corrected chi connectivity index (χ1v) is 8.00. The highest BCUT2D eigenvalue weighted by molar-refractivity contribution is 9.11. The first kappa shape index (κ1) is 13.9. The molecule has 0 amide bonds. The van der Waals surface area contributed by atoms with Crippen molar-refractivity contribution in [3.63, 3.8) is 0 Å². The van der Waals surface area contributed by atoms with Crippen molar-refractivity contribution in [1.82, 2.24) is 4.98 Å². The van der Waals surface area contributed by atoms with Gasteiger partial charge in [0.1, 0.15) is 6.10 Å². The lowest BCUT2D eigenvalue weighted by Crippen LogP contribution is -2.45. The summed E-state index contributed by atoms with van der Waals surface area (Å²) >= 11 is 6.84. The Kier molecular flexibility index (Phi) is 3.73. The zero-order chi connectivity index (χ0) is 13.6. The topological polar surface area (TPSA) is 68.4 Å². The van der Waals surface area contributed by atoms with Gasteiger partial charge in [-0.1, -0.05) is 0 Å². The number of fused-ring (bicyclic) bond motifs is 2. The SMILES string of the molecule is NCC1(C(O)c2ncc(Br)cc2Br)CC2CCC1O2. The van der Waals surface area contributed by atoms with E-state index in [4.69, 9.17) is 10.5 Å². The molecule has 2 aliphatic rings. The van der Waals surface area contributed by atoms with Gasteiger partial charge in [-0.25, -0.2) is 0 Å². The van der Waals surface area contributed by atoms with Crippen LogP contribution in [0.2, 0.25) is 0 Å². The summed E-state index contributed by atoms with van der Waals surface area (Å²) in [7, 11) is 0. The molecule has 0 aliphatic carbocycles. The smallest absolute Gasteiger partial charge is 0.106 e. The maximum atomic E-state index is 10.8. The van der Waals surface area contributed by atoms with Crippen LogP contribution in [0.3, 0.4) is 0 Å². The van der Waals surface area contributed by atoms with Crippen molar-refractivity contribution in [3.05, 3.63) is 26.9 Å². The maximum absolute atomic E-state index is 10.8. The normalized spacial score (nSPS) is 34.7. The van der Waals surface area contributed by atoms with E-state index < -0.39 is 11.5 Å². The van der Waals surface area contributed by atoms with E-state index in [1.165, 1.54) is 0 Å². The predicted octanol–water partition coefficient (Wildman–Crippen LogP) is 2.54. The minimum Gasteiger partial charge on any atom is -0.386 e. The molecule has 4 atom stereocenters. The molecule has 3 N–H and O–H groups in total. The van der Waals surface area contributed by atoms with Crippen LogP contribution in [0.4, 0.5) is 0 Å². The molecule has 4 unspecified atom stereocenters. The van der Waals surface area contributed by atoms with Crippen LogP contribution in [-0.2, 0) is 4.74 Å². The molecule has 2 aliphatic heterocycles. The number of pyridine rings is 1. The summed E-state index contributed by atoms with van der Waals surface area (Å²) in [6.45, 7) is 0.416. The van der Waals surface area contributed by atoms with Crippen molar-refractivity contribution in [2.75, 3.05) is 6.54 Å². The van der Waals surface area contributed by atoms with E-state index in [2.05, 4.69) is 36.8 Å². The monoisotopic (exact) mass is 390 g/mol. The van der Waals surface area contributed by atoms with Crippen LogP contribution in [0.15, 0.2) is 21.2 Å². The molecule has 0 saturated carbocycles. The number of nitrogens with two attached hydrogens (primary N) is 1. The number of nitrogens with zero attached hydrogens (tertiary/aromatic N) is 1. The fraction of sp³-hybridized carbons (Fsp3) is 0.615. The van der Waals surface area contributed by atoms with Crippen molar-refractivity contribution in [3.8, 4) is 0 Å². The van der Waals surface area contributed by atoms with E-state index in [9.17, 15) is 5.11 Å². The summed E-state index contributed by atoms with van der Waals surface area (Å²) in [6, 6.07) is 1.89. The zero-order valence-electron chi connectivity index (χ0n) is 10.4. The largest absolute Gasteiger partial charge is 0.386 e. The summed E-state index contributed by atoms with van der Waals surface area (Å²) in [4.78, 5) is 4.34. The van der Waals surface area contributed by atoms with Gasteiger partial charge in [-0.3, -0.25) is 4.98 Å². The Labute approximate surface area is 129 Å². The lowest BCUT2D eigenvalue weighted by atomic mass is 9.69. The van der Waals surface area contributed by atoms with E-state index in [1.807, 2.05) is 6.07 Å². The molecule has 3 rings (SSSR count). The number of halogens is 2.